The Morgan fingerprint density at radius 2 is 2.32 bits per heavy atom. The molecule has 1 unspecified atom stereocenters. The summed E-state index contributed by atoms with van der Waals surface area (Å²) in [7, 11) is 1.64. The van der Waals surface area contributed by atoms with Crippen molar-refractivity contribution in [1.82, 2.24) is 10.2 Å². The van der Waals surface area contributed by atoms with Crippen LogP contribution >= 0.6 is 12.4 Å². The first-order valence-corrected chi connectivity index (χ1v) is 6.34. The molecule has 0 bridgehead atoms. The molecule has 1 aromatic carbocycles. The summed E-state index contributed by atoms with van der Waals surface area (Å²) in [6.45, 7) is 4.64. The van der Waals surface area contributed by atoms with Crippen LogP contribution in [0, 0.1) is 0 Å². The zero-order valence-corrected chi connectivity index (χ0v) is 12.2. The molecule has 4 nitrogen and oxygen atoms in total. The maximum absolute atomic E-state index is 12.2. The zero-order chi connectivity index (χ0) is 13.0. The number of amides is 1. The summed E-state index contributed by atoms with van der Waals surface area (Å²) in [6.07, 6.45) is 0.446. The van der Waals surface area contributed by atoms with Gasteiger partial charge in [0.1, 0.15) is 5.75 Å². The SMILES string of the molecule is COc1cccc(CC(=O)N2CCNCC2C)c1.Cl. The number of methoxy groups -OCH3 is 1. The molecule has 1 aromatic rings. The van der Waals surface area contributed by atoms with Gasteiger partial charge in [-0.05, 0) is 24.6 Å². The summed E-state index contributed by atoms with van der Waals surface area (Å²) in [4.78, 5) is 14.2. The summed E-state index contributed by atoms with van der Waals surface area (Å²) in [5.74, 6) is 0.992. The summed E-state index contributed by atoms with van der Waals surface area (Å²) in [6, 6.07) is 7.97. The van der Waals surface area contributed by atoms with E-state index in [9.17, 15) is 4.79 Å². The minimum Gasteiger partial charge on any atom is -0.497 e. The van der Waals surface area contributed by atoms with Crippen molar-refractivity contribution < 1.29 is 9.53 Å². The number of benzene rings is 1. The molecular weight excluding hydrogens is 264 g/mol. The van der Waals surface area contributed by atoms with E-state index in [1.54, 1.807) is 7.11 Å². The van der Waals surface area contributed by atoms with Gasteiger partial charge in [0.05, 0.1) is 13.5 Å². The predicted octanol–water partition coefficient (Wildman–Crippen LogP) is 1.48. The van der Waals surface area contributed by atoms with Gasteiger partial charge in [-0.1, -0.05) is 12.1 Å². The monoisotopic (exact) mass is 284 g/mol. The van der Waals surface area contributed by atoms with Crippen molar-refractivity contribution in [2.24, 2.45) is 0 Å². The van der Waals surface area contributed by atoms with Crippen molar-refractivity contribution in [2.45, 2.75) is 19.4 Å². The third kappa shape index (κ3) is 4.11. The van der Waals surface area contributed by atoms with Gasteiger partial charge >= 0.3 is 0 Å². The molecule has 0 aliphatic carbocycles. The average Bonchev–Trinajstić information content (AvgIpc) is 2.39. The van der Waals surface area contributed by atoms with Crippen LogP contribution in [-0.4, -0.2) is 43.6 Å². The number of ether oxygens (including phenoxy) is 1. The van der Waals surface area contributed by atoms with Crippen LogP contribution in [0.2, 0.25) is 0 Å². The van der Waals surface area contributed by atoms with Crippen LogP contribution in [0.1, 0.15) is 12.5 Å². The zero-order valence-electron chi connectivity index (χ0n) is 11.4. The van der Waals surface area contributed by atoms with Crippen molar-refractivity contribution in [2.75, 3.05) is 26.7 Å². The third-order valence-corrected chi connectivity index (χ3v) is 3.31. The Hall–Kier alpha value is -1.26. The molecule has 0 aromatic heterocycles. The number of hydrogen-bond acceptors (Lipinski definition) is 3. The minimum absolute atomic E-state index is 0. The molecule has 1 saturated heterocycles. The molecule has 19 heavy (non-hydrogen) atoms. The number of carbonyl (C=O) groups is 1. The molecule has 1 heterocycles. The molecule has 1 atom stereocenters. The Bertz CT molecular complexity index is 426. The molecular formula is C14H21ClN2O2. The van der Waals surface area contributed by atoms with Gasteiger partial charge in [-0.25, -0.2) is 0 Å². The first-order chi connectivity index (χ1) is 8.70. The van der Waals surface area contributed by atoms with E-state index < -0.39 is 0 Å². The number of halogens is 1. The van der Waals surface area contributed by atoms with Gasteiger partial charge in [-0.2, -0.15) is 0 Å². The molecule has 0 radical (unpaired) electrons. The number of piperazine rings is 1. The highest BCUT2D eigenvalue weighted by Gasteiger charge is 2.22. The first kappa shape index (κ1) is 15.8. The second kappa shape index (κ2) is 7.36. The first-order valence-electron chi connectivity index (χ1n) is 6.34. The molecule has 1 aliphatic rings. The van der Waals surface area contributed by atoms with Crippen molar-refractivity contribution in [3.63, 3.8) is 0 Å². The van der Waals surface area contributed by atoms with Crippen LogP contribution in [0.15, 0.2) is 24.3 Å². The number of rotatable bonds is 3. The standard InChI is InChI=1S/C14H20N2O2.ClH/c1-11-10-15-6-7-16(11)14(17)9-12-4-3-5-13(8-12)18-2;/h3-5,8,11,15H,6-7,9-10H2,1-2H3;1H. The number of carbonyl (C=O) groups excluding carboxylic acids is 1. The predicted molar refractivity (Wildman–Crippen MR) is 78.0 cm³/mol. The molecule has 0 saturated carbocycles. The van der Waals surface area contributed by atoms with Gasteiger partial charge in [-0.3, -0.25) is 4.79 Å². The van der Waals surface area contributed by atoms with Crippen LogP contribution in [0.25, 0.3) is 0 Å². The van der Waals surface area contributed by atoms with E-state index in [-0.39, 0.29) is 24.4 Å². The highest BCUT2D eigenvalue weighted by molar-refractivity contribution is 5.85. The van der Waals surface area contributed by atoms with E-state index >= 15 is 0 Å². The highest BCUT2D eigenvalue weighted by atomic mass is 35.5. The van der Waals surface area contributed by atoms with Crippen molar-refractivity contribution >= 4 is 18.3 Å². The van der Waals surface area contributed by atoms with Crippen LogP contribution in [0.5, 0.6) is 5.75 Å². The number of hydrogen-bond donors (Lipinski definition) is 1. The fourth-order valence-electron chi connectivity index (χ4n) is 2.27. The molecule has 2 rings (SSSR count). The molecule has 1 amide bonds. The van der Waals surface area contributed by atoms with Gasteiger partial charge in [-0.15, -0.1) is 12.4 Å². The molecule has 106 valence electrons. The quantitative estimate of drug-likeness (QED) is 0.914. The second-order valence-electron chi connectivity index (χ2n) is 4.67. The maximum atomic E-state index is 12.2. The average molecular weight is 285 g/mol. The fraction of sp³-hybridized carbons (Fsp3) is 0.500. The van der Waals surface area contributed by atoms with Crippen molar-refractivity contribution in [1.29, 1.82) is 0 Å². The smallest absolute Gasteiger partial charge is 0.227 e. The van der Waals surface area contributed by atoms with Crippen molar-refractivity contribution in [3.05, 3.63) is 29.8 Å². The Kier molecular flexibility index (Phi) is 6.12. The lowest BCUT2D eigenvalue weighted by molar-refractivity contribution is -0.133. The molecule has 1 fully saturated rings. The second-order valence-corrected chi connectivity index (χ2v) is 4.67. The van der Waals surface area contributed by atoms with Gasteiger partial charge in [0.25, 0.3) is 0 Å². The molecule has 5 heteroatoms. The topological polar surface area (TPSA) is 41.6 Å². The fourth-order valence-corrected chi connectivity index (χ4v) is 2.27. The molecule has 1 N–H and O–H groups in total. The van der Waals surface area contributed by atoms with E-state index in [4.69, 9.17) is 4.74 Å². The van der Waals surface area contributed by atoms with E-state index in [1.165, 1.54) is 0 Å². The van der Waals surface area contributed by atoms with Crippen LogP contribution < -0.4 is 10.1 Å². The van der Waals surface area contributed by atoms with Crippen LogP contribution in [0.3, 0.4) is 0 Å². The Labute approximate surface area is 120 Å². The normalized spacial score (nSPS) is 18.6. The van der Waals surface area contributed by atoms with E-state index in [0.717, 1.165) is 30.9 Å². The highest BCUT2D eigenvalue weighted by Crippen LogP contribution is 2.14. The third-order valence-electron chi connectivity index (χ3n) is 3.31. The summed E-state index contributed by atoms with van der Waals surface area (Å²) in [5, 5.41) is 3.29. The summed E-state index contributed by atoms with van der Waals surface area (Å²) in [5.41, 5.74) is 1.00. The maximum Gasteiger partial charge on any atom is 0.227 e. The van der Waals surface area contributed by atoms with Crippen molar-refractivity contribution in [3.8, 4) is 5.75 Å². The summed E-state index contributed by atoms with van der Waals surface area (Å²) >= 11 is 0. The Balaban J connectivity index is 0.00000180. The summed E-state index contributed by atoms with van der Waals surface area (Å²) < 4.78 is 5.17. The number of nitrogens with one attached hydrogen (secondary N) is 1. The minimum atomic E-state index is 0. The lowest BCUT2D eigenvalue weighted by Gasteiger charge is -2.34. The van der Waals surface area contributed by atoms with E-state index in [2.05, 4.69) is 12.2 Å². The Morgan fingerprint density at radius 3 is 3.00 bits per heavy atom. The van der Waals surface area contributed by atoms with E-state index in [0.29, 0.717) is 6.42 Å². The molecule has 1 aliphatic heterocycles. The van der Waals surface area contributed by atoms with Crippen LogP contribution in [0.4, 0.5) is 0 Å². The van der Waals surface area contributed by atoms with Gasteiger partial charge in [0.15, 0.2) is 0 Å². The van der Waals surface area contributed by atoms with E-state index in [1.807, 2.05) is 29.2 Å². The lowest BCUT2D eigenvalue weighted by atomic mass is 10.1. The Morgan fingerprint density at radius 1 is 1.53 bits per heavy atom. The van der Waals surface area contributed by atoms with Gasteiger partial charge in [0, 0.05) is 25.7 Å². The van der Waals surface area contributed by atoms with Gasteiger partial charge in [0.2, 0.25) is 5.91 Å². The van der Waals surface area contributed by atoms with Gasteiger partial charge < -0.3 is 15.0 Å². The van der Waals surface area contributed by atoms with Crippen LogP contribution in [-0.2, 0) is 11.2 Å². The number of nitrogens with zero attached hydrogens (tertiary/aromatic N) is 1. The lowest BCUT2D eigenvalue weighted by Crippen LogP contribution is -2.52. The molecule has 0 spiro atoms. The largest absolute Gasteiger partial charge is 0.497 e.